The Morgan fingerprint density at radius 3 is 2.30 bits per heavy atom. The maximum absolute atomic E-state index is 12.1. The van der Waals surface area contributed by atoms with Crippen LogP contribution in [-0.4, -0.2) is 4.98 Å². The monoisotopic (exact) mass is 141 g/mol. The summed E-state index contributed by atoms with van der Waals surface area (Å²) in [5.74, 6) is -0.225. The first kappa shape index (κ1) is 9.08. The van der Waals surface area contributed by atoms with Crippen LogP contribution in [0.1, 0.15) is 19.5 Å². The van der Waals surface area contributed by atoms with E-state index in [-0.39, 0.29) is 5.82 Å². The second-order valence-corrected chi connectivity index (χ2v) is 1.62. The van der Waals surface area contributed by atoms with Crippen LogP contribution in [-0.2, 0) is 0 Å². The summed E-state index contributed by atoms with van der Waals surface area (Å²) < 4.78 is 12.1. The molecule has 2 heteroatoms. The molecule has 1 aromatic rings. The Hall–Kier alpha value is -0.920. The zero-order valence-corrected chi connectivity index (χ0v) is 6.56. The van der Waals surface area contributed by atoms with Crippen LogP contribution < -0.4 is 0 Å². The van der Waals surface area contributed by atoms with Crippen molar-refractivity contribution in [2.45, 2.75) is 20.8 Å². The van der Waals surface area contributed by atoms with Gasteiger partial charge in [0.25, 0.3) is 0 Å². The SMILES string of the molecule is CC.Cc1cc(F)ccn1. The van der Waals surface area contributed by atoms with Gasteiger partial charge in [-0.05, 0) is 19.1 Å². The zero-order chi connectivity index (χ0) is 7.98. The molecule has 0 aliphatic heterocycles. The number of rotatable bonds is 0. The molecule has 0 aliphatic rings. The zero-order valence-electron chi connectivity index (χ0n) is 6.56. The number of hydrogen-bond acceptors (Lipinski definition) is 1. The van der Waals surface area contributed by atoms with Gasteiger partial charge in [0, 0.05) is 11.9 Å². The van der Waals surface area contributed by atoms with Crippen molar-refractivity contribution in [3.63, 3.8) is 0 Å². The van der Waals surface area contributed by atoms with E-state index in [0.717, 1.165) is 0 Å². The van der Waals surface area contributed by atoms with E-state index in [0.29, 0.717) is 5.69 Å². The lowest BCUT2D eigenvalue weighted by Gasteiger charge is -1.86. The van der Waals surface area contributed by atoms with Crippen molar-refractivity contribution in [3.05, 3.63) is 29.8 Å². The minimum atomic E-state index is -0.225. The largest absolute Gasteiger partial charge is 0.261 e. The Kier molecular flexibility index (Phi) is 4.46. The Morgan fingerprint density at radius 2 is 2.00 bits per heavy atom. The number of aryl methyl sites for hydroxylation is 1. The molecule has 1 rings (SSSR count). The summed E-state index contributed by atoms with van der Waals surface area (Å²) in [6.45, 7) is 5.75. The first-order chi connectivity index (χ1) is 4.79. The molecule has 0 atom stereocenters. The number of pyridine rings is 1. The third-order valence-corrected chi connectivity index (χ3v) is 0.859. The predicted molar refractivity (Wildman–Crippen MR) is 40.3 cm³/mol. The van der Waals surface area contributed by atoms with Gasteiger partial charge in [0.05, 0.1) is 0 Å². The quantitative estimate of drug-likeness (QED) is 0.541. The number of hydrogen-bond donors (Lipinski definition) is 0. The third-order valence-electron chi connectivity index (χ3n) is 0.859. The van der Waals surface area contributed by atoms with Gasteiger partial charge in [0.1, 0.15) is 5.82 Å². The Bertz CT molecular complexity index is 169. The molecular weight excluding hydrogens is 129 g/mol. The molecule has 0 amide bonds. The van der Waals surface area contributed by atoms with Crippen molar-refractivity contribution in [1.29, 1.82) is 0 Å². The predicted octanol–water partition coefficient (Wildman–Crippen LogP) is 2.56. The molecule has 0 spiro atoms. The molecule has 0 radical (unpaired) electrons. The fourth-order valence-corrected chi connectivity index (χ4v) is 0.511. The average Bonchev–Trinajstić information content (AvgIpc) is 1.91. The minimum Gasteiger partial charge on any atom is -0.261 e. The standard InChI is InChI=1S/C6H6FN.C2H6/c1-5-4-6(7)2-3-8-5;1-2/h2-4H,1H3;1-2H3. The van der Waals surface area contributed by atoms with Crippen LogP contribution in [0.5, 0.6) is 0 Å². The van der Waals surface area contributed by atoms with Crippen LogP contribution in [0, 0.1) is 12.7 Å². The summed E-state index contributed by atoms with van der Waals surface area (Å²) in [5.41, 5.74) is 0.713. The average molecular weight is 141 g/mol. The van der Waals surface area contributed by atoms with E-state index in [9.17, 15) is 4.39 Å². The van der Waals surface area contributed by atoms with Crippen LogP contribution >= 0.6 is 0 Å². The van der Waals surface area contributed by atoms with Crippen molar-refractivity contribution >= 4 is 0 Å². The highest BCUT2D eigenvalue weighted by Crippen LogP contribution is 1.95. The lowest BCUT2D eigenvalue weighted by Crippen LogP contribution is -1.79. The van der Waals surface area contributed by atoms with Crippen molar-refractivity contribution in [3.8, 4) is 0 Å². The van der Waals surface area contributed by atoms with Gasteiger partial charge in [0.2, 0.25) is 0 Å². The van der Waals surface area contributed by atoms with E-state index in [2.05, 4.69) is 4.98 Å². The van der Waals surface area contributed by atoms with Crippen molar-refractivity contribution in [2.75, 3.05) is 0 Å². The molecule has 0 bridgehead atoms. The highest BCUT2D eigenvalue weighted by Gasteiger charge is 1.85. The molecule has 0 N–H and O–H groups in total. The van der Waals surface area contributed by atoms with E-state index in [1.165, 1.54) is 18.3 Å². The van der Waals surface area contributed by atoms with Crippen LogP contribution in [0.15, 0.2) is 18.3 Å². The van der Waals surface area contributed by atoms with Gasteiger partial charge in [-0.2, -0.15) is 0 Å². The Morgan fingerprint density at radius 1 is 1.40 bits per heavy atom. The lowest BCUT2D eigenvalue weighted by atomic mass is 10.4. The molecule has 10 heavy (non-hydrogen) atoms. The van der Waals surface area contributed by atoms with Gasteiger partial charge in [-0.25, -0.2) is 4.39 Å². The third kappa shape index (κ3) is 3.17. The fourth-order valence-electron chi connectivity index (χ4n) is 0.511. The van der Waals surface area contributed by atoms with Crippen molar-refractivity contribution in [2.24, 2.45) is 0 Å². The maximum Gasteiger partial charge on any atom is 0.126 e. The normalized spacial score (nSPS) is 8.00. The molecule has 1 nitrogen and oxygen atoms in total. The van der Waals surface area contributed by atoms with Gasteiger partial charge in [0.15, 0.2) is 0 Å². The van der Waals surface area contributed by atoms with Gasteiger partial charge in [-0.15, -0.1) is 0 Å². The van der Waals surface area contributed by atoms with Crippen molar-refractivity contribution in [1.82, 2.24) is 4.98 Å². The molecule has 0 aromatic carbocycles. The second-order valence-electron chi connectivity index (χ2n) is 1.62. The molecule has 56 valence electrons. The summed E-state index contributed by atoms with van der Waals surface area (Å²) in [6.07, 6.45) is 1.45. The Labute approximate surface area is 60.9 Å². The maximum atomic E-state index is 12.1. The molecule has 0 aliphatic carbocycles. The van der Waals surface area contributed by atoms with Crippen molar-refractivity contribution < 1.29 is 4.39 Å². The highest BCUT2D eigenvalue weighted by atomic mass is 19.1. The van der Waals surface area contributed by atoms with Crippen LogP contribution in [0.2, 0.25) is 0 Å². The summed E-state index contributed by atoms with van der Waals surface area (Å²) in [5, 5.41) is 0. The van der Waals surface area contributed by atoms with Gasteiger partial charge < -0.3 is 0 Å². The summed E-state index contributed by atoms with van der Waals surface area (Å²) in [6, 6.07) is 2.72. The topological polar surface area (TPSA) is 12.9 Å². The lowest BCUT2D eigenvalue weighted by molar-refractivity contribution is 0.624. The molecule has 1 heterocycles. The van der Waals surface area contributed by atoms with Gasteiger partial charge in [-0.1, -0.05) is 13.8 Å². The summed E-state index contributed by atoms with van der Waals surface area (Å²) >= 11 is 0. The van der Waals surface area contributed by atoms with E-state index in [1.807, 2.05) is 13.8 Å². The first-order valence-electron chi connectivity index (χ1n) is 3.37. The number of aromatic nitrogens is 1. The van der Waals surface area contributed by atoms with E-state index < -0.39 is 0 Å². The molecule has 0 unspecified atom stereocenters. The number of nitrogens with zero attached hydrogens (tertiary/aromatic N) is 1. The van der Waals surface area contributed by atoms with Gasteiger partial charge >= 0.3 is 0 Å². The molecule has 1 aromatic heterocycles. The summed E-state index contributed by atoms with van der Waals surface area (Å²) in [7, 11) is 0. The smallest absolute Gasteiger partial charge is 0.126 e. The van der Waals surface area contributed by atoms with Crippen LogP contribution in [0.25, 0.3) is 0 Å². The van der Waals surface area contributed by atoms with Crippen LogP contribution in [0.4, 0.5) is 4.39 Å². The highest BCUT2D eigenvalue weighted by molar-refractivity contribution is 5.02. The number of halogens is 1. The fraction of sp³-hybridized carbons (Fsp3) is 0.375. The molecule has 0 saturated heterocycles. The molecule has 0 fully saturated rings. The van der Waals surface area contributed by atoms with E-state index in [4.69, 9.17) is 0 Å². The molecular formula is C8H12FN. The second kappa shape index (κ2) is 4.91. The minimum absolute atomic E-state index is 0.225. The Balaban J connectivity index is 0.000000371. The van der Waals surface area contributed by atoms with E-state index in [1.54, 1.807) is 6.92 Å². The summed E-state index contributed by atoms with van der Waals surface area (Å²) in [4.78, 5) is 3.80. The van der Waals surface area contributed by atoms with Gasteiger partial charge in [-0.3, -0.25) is 4.98 Å². The van der Waals surface area contributed by atoms with Crippen LogP contribution in [0.3, 0.4) is 0 Å². The molecule has 0 saturated carbocycles. The first-order valence-corrected chi connectivity index (χ1v) is 3.37. The van der Waals surface area contributed by atoms with E-state index >= 15 is 0 Å².